The Balaban J connectivity index is 2.72. The summed E-state index contributed by atoms with van der Waals surface area (Å²) in [4.78, 5) is 14.8. The van der Waals surface area contributed by atoms with Gasteiger partial charge in [0.1, 0.15) is 11.8 Å². The van der Waals surface area contributed by atoms with Crippen LogP contribution in [-0.4, -0.2) is 16.1 Å². The third kappa shape index (κ3) is 2.03. The molecule has 0 aromatic carbocycles. The molecule has 0 radical (unpaired) electrons. The minimum atomic E-state index is -1.09. The molecule has 2 aromatic rings. The summed E-state index contributed by atoms with van der Waals surface area (Å²) in [5.41, 5.74) is 2.29. The normalized spacial score (nSPS) is 9.88. The Hall–Kier alpha value is -2.19. The third-order valence-electron chi connectivity index (χ3n) is 2.36. The number of nitriles is 1. The van der Waals surface area contributed by atoms with Crippen molar-refractivity contribution in [3.63, 3.8) is 0 Å². The molecule has 0 unspecified atom stereocenters. The summed E-state index contributed by atoms with van der Waals surface area (Å²) in [6.07, 6.45) is 0. The van der Waals surface area contributed by atoms with Crippen LogP contribution in [0.3, 0.4) is 0 Å². The number of nitrogens with zero attached hydrogens (tertiary/aromatic N) is 2. The fourth-order valence-corrected chi connectivity index (χ4v) is 2.22. The predicted octanol–water partition coefficient (Wildman–Crippen LogP) is 2.69. The lowest BCUT2D eigenvalue weighted by molar-refractivity contribution is 0.0690. The number of aryl methyl sites for hydroxylation is 1. The second kappa shape index (κ2) is 4.36. The average Bonchev–Trinajstić information content (AvgIpc) is 2.81. The molecule has 0 aliphatic rings. The van der Waals surface area contributed by atoms with Crippen LogP contribution < -0.4 is 0 Å². The first-order chi connectivity index (χ1) is 8.13. The van der Waals surface area contributed by atoms with Crippen LogP contribution in [-0.2, 0) is 0 Å². The molecule has 0 spiro atoms. The van der Waals surface area contributed by atoms with Gasteiger partial charge < -0.3 is 5.11 Å². The minimum Gasteiger partial charge on any atom is -0.477 e. The highest BCUT2D eigenvalue weighted by molar-refractivity contribution is 7.08. The predicted molar refractivity (Wildman–Crippen MR) is 64.0 cm³/mol. The van der Waals surface area contributed by atoms with Gasteiger partial charge in [0.25, 0.3) is 0 Å². The Labute approximate surface area is 102 Å². The number of rotatable bonds is 2. The number of aromatic nitrogens is 1. The standard InChI is InChI=1S/C12H8N2O2S/c1-7-10(5-13)9(8-2-3-17-6-8)4-11(14-7)12(15)16/h2-4,6H,1H3,(H,15,16). The molecule has 0 saturated heterocycles. The highest BCUT2D eigenvalue weighted by Gasteiger charge is 2.14. The van der Waals surface area contributed by atoms with Crippen molar-refractivity contribution in [3.05, 3.63) is 39.8 Å². The van der Waals surface area contributed by atoms with E-state index in [0.717, 1.165) is 5.56 Å². The first-order valence-electron chi connectivity index (χ1n) is 4.81. The molecule has 0 aliphatic carbocycles. The second-order valence-electron chi connectivity index (χ2n) is 3.44. The van der Waals surface area contributed by atoms with Crippen molar-refractivity contribution in [2.24, 2.45) is 0 Å². The fraction of sp³-hybridized carbons (Fsp3) is 0.0833. The number of aromatic carboxylic acids is 1. The van der Waals surface area contributed by atoms with E-state index in [2.05, 4.69) is 11.1 Å². The van der Waals surface area contributed by atoms with Gasteiger partial charge in [0.15, 0.2) is 0 Å². The second-order valence-corrected chi connectivity index (χ2v) is 4.22. The van der Waals surface area contributed by atoms with Crippen LogP contribution in [0, 0.1) is 18.3 Å². The van der Waals surface area contributed by atoms with Gasteiger partial charge in [0.2, 0.25) is 0 Å². The molecule has 0 aliphatic heterocycles. The minimum absolute atomic E-state index is 0.0392. The molecule has 2 aromatic heterocycles. The van der Waals surface area contributed by atoms with E-state index in [1.54, 1.807) is 6.92 Å². The van der Waals surface area contributed by atoms with Gasteiger partial charge in [-0.1, -0.05) is 0 Å². The van der Waals surface area contributed by atoms with Crippen LogP contribution in [0.2, 0.25) is 0 Å². The number of pyridine rings is 1. The molecule has 5 heteroatoms. The van der Waals surface area contributed by atoms with Gasteiger partial charge in [-0.2, -0.15) is 16.6 Å². The first-order valence-corrected chi connectivity index (χ1v) is 5.75. The van der Waals surface area contributed by atoms with Gasteiger partial charge in [-0.05, 0) is 35.4 Å². The molecule has 1 N–H and O–H groups in total. The number of carboxylic acid groups (broad SMARTS) is 1. The summed E-state index contributed by atoms with van der Waals surface area (Å²) in [6, 6.07) is 5.36. The Morgan fingerprint density at radius 2 is 2.35 bits per heavy atom. The molecule has 0 bridgehead atoms. The quantitative estimate of drug-likeness (QED) is 0.881. The van der Waals surface area contributed by atoms with Crippen molar-refractivity contribution in [1.29, 1.82) is 5.26 Å². The molecule has 17 heavy (non-hydrogen) atoms. The van der Waals surface area contributed by atoms with E-state index in [9.17, 15) is 4.79 Å². The summed E-state index contributed by atoms with van der Waals surface area (Å²) in [6.45, 7) is 1.64. The monoisotopic (exact) mass is 244 g/mol. The number of thiophene rings is 1. The van der Waals surface area contributed by atoms with Crippen molar-refractivity contribution < 1.29 is 9.90 Å². The lowest BCUT2D eigenvalue weighted by atomic mass is 10.0. The van der Waals surface area contributed by atoms with Gasteiger partial charge >= 0.3 is 5.97 Å². The van der Waals surface area contributed by atoms with Crippen LogP contribution in [0.25, 0.3) is 11.1 Å². The molecule has 0 amide bonds. The van der Waals surface area contributed by atoms with Crippen molar-refractivity contribution >= 4 is 17.3 Å². The van der Waals surface area contributed by atoms with Gasteiger partial charge in [-0.3, -0.25) is 0 Å². The fourth-order valence-electron chi connectivity index (χ4n) is 1.57. The van der Waals surface area contributed by atoms with E-state index in [1.807, 2.05) is 16.8 Å². The van der Waals surface area contributed by atoms with E-state index >= 15 is 0 Å². The van der Waals surface area contributed by atoms with Gasteiger partial charge in [-0.25, -0.2) is 9.78 Å². The summed E-state index contributed by atoms with van der Waals surface area (Å²) < 4.78 is 0. The van der Waals surface area contributed by atoms with E-state index in [4.69, 9.17) is 10.4 Å². The molecular formula is C12H8N2O2S. The lowest BCUT2D eigenvalue weighted by Gasteiger charge is -2.06. The molecule has 0 fully saturated rings. The van der Waals surface area contributed by atoms with Gasteiger partial charge in [0.05, 0.1) is 11.3 Å². The molecule has 0 atom stereocenters. The number of hydrogen-bond donors (Lipinski definition) is 1. The molecule has 2 rings (SSSR count). The molecule has 84 valence electrons. The van der Waals surface area contributed by atoms with E-state index in [0.29, 0.717) is 16.8 Å². The van der Waals surface area contributed by atoms with Crippen LogP contribution in [0.5, 0.6) is 0 Å². The summed E-state index contributed by atoms with van der Waals surface area (Å²) in [5, 5.41) is 21.8. The number of carboxylic acids is 1. The number of carbonyl (C=O) groups is 1. The maximum atomic E-state index is 10.9. The summed E-state index contributed by atoms with van der Waals surface area (Å²) >= 11 is 1.50. The first kappa shape index (κ1) is 11.3. The van der Waals surface area contributed by atoms with Gasteiger partial charge in [-0.15, -0.1) is 0 Å². The molecule has 4 nitrogen and oxygen atoms in total. The zero-order chi connectivity index (χ0) is 12.4. The maximum absolute atomic E-state index is 10.9. The number of hydrogen-bond acceptors (Lipinski definition) is 4. The van der Waals surface area contributed by atoms with Crippen molar-refractivity contribution in [3.8, 4) is 17.2 Å². The third-order valence-corrected chi connectivity index (χ3v) is 3.05. The van der Waals surface area contributed by atoms with Crippen molar-refractivity contribution in [1.82, 2.24) is 4.98 Å². The highest BCUT2D eigenvalue weighted by atomic mass is 32.1. The van der Waals surface area contributed by atoms with Crippen molar-refractivity contribution in [2.45, 2.75) is 6.92 Å². The Kier molecular flexibility index (Phi) is 2.90. The summed E-state index contributed by atoms with van der Waals surface area (Å²) in [5.74, 6) is -1.09. The largest absolute Gasteiger partial charge is 0.477 e. The van der Waals surface area contributed by atoms with E-state index in [-0.39, 0.29) is 5.69 Å². The Morgan fingerprint density at radius 3 is 2.88 bits per heavy atom. The molecular weight excluding hydrogens is 236 g/mol. The van der Waals surface area contributed by atoms with E-state index < -0.39 is 5.97 Å². The van der Waals surface area contributed by atoms with Gasteiger partial charge in [0, 0.05) is 5.56 Å². The van der Waals surface area contributed by atoms with Crippen LogP contribution in [0.1, 0.15) is 21.7 Å². The van der Waals surface area contributed by atoms with Crippen LogP contribution in [0.4, 0.5) is 0 Å². The van der Waals surface area contributed by atoms with Crippen LogP contribution in [0.15, 0.2) is 22.9 Å². The van der Waals surface area contributed by atoms with Crippen LogP contribution >= 0.6 is 11.3 Å². The SMILES string of the molecule is Cc1nc(C(=O)O)cc(-c2ccsc2)c1C#N. The molecule has 2 heterocycles. The zero-order valence-electron chi connectivity index (χ0n) is 8.97. The van der Waals surface area contributed by atoms with E-state index in [1.165, 1.54) is 17.4 Å². The Morgan fingerprint density at radius 1 is 1.59 bits per heavy atom. The van der Waals surface area contributed by atoms with Crippen molar-refractivity contribution in [2.75, 3.05) is 0 Å². The molecule has 0 saturated carbocycles. The maximum Gasteiger partial charge on any atom is 0.354 e. The lowest BCUT2D eigenvalue weighted by Crippen LogP contribution is -2.04. The zero-order valence-corrected chi connectivity index (χ0v) is 9.78. The topological polar surface area (TPSA) is 74.0 Å². The smallest absolute Gasteiger partial charge is 0.354 e. The highest BCUT2D eigenvalue weighted by Crippen LogP contribution is 2.27. The summed E-state index contributed by atoms with van der Waals surface area (Å²) in [7, 11) is 0. The Bertz CT molecular complexity index is 612. The average molecular weight is 244 g/mol.